The predicted molar refractivity (Wildman–Crippen MR) is 76.4 cm³/mol. The standard InChI is InChI=1S/C15H24N2O/c1-16-9-14(8-12-10-18-11-12)13-4-6-15(7-5-13)17(2)3/h4-7,12,14,16H,8-11H2,1-3H3. The van der Waals surface area contributed by atoms with Gasteiger partial charge in [-0.2, -0.15) is 0 Å². The Morgan fingerprint density at radius 2 is 1.94 bits per heavy atom. The van der Waals surface area contributed by atoms with Gasteiger partial charge in [-0.3, -0.25) is 0 Å². The Hall–Kier alpha value is -1.06. The normalized spacial score (nSPS) is 17.3. The van der Waals surface area contributed by atoms with Crippen LogP contribution in [-0.2, 0) is 4.74 Å². The van der Waals surface area contributed by atoms with Crippen molar-refractivity contribution < 1.29 is 4.74 Å². The molecule has 3 heteroatoms. The fourth-order valence-corrected chi connectivity index (χ4v) is 2.45. The highest BCUT2D eigenvalue weighted by Crippen LogP contribution is 2.28. The summed E-state index contributed by atoms with van der Waals surface area (Å²) in [5.74, 6) is 1.34. The first-order chi connectivity index (χ1) is 8.70. The van der Waals surface area contributed by atoms with Crippen molar-refractivity contribution in [1.82, 2.24) is 5.32 Å². The Morgan fingerprint density at radius 3 is 2.39 bits per heavy atom. The van der Waals surface area contributed by atoms with Crippen LogP contribution in [0.1, 0.15) is 17.9 Å². The maximum atomic E-state index is 5.27. The van der Waals surface area contributed by atoms with E-state index in [1.54, 1.807) is 0 Å². The minimum atomic E-state index is 0.597. The molecule has 1 aliphatic heterocycles. The molecule has 1 heterocycles. The zero-order chi connectivity index (χ0) is 13.0. The minimum absolute atomic E-state index is 0.597. The number of nitrogens with zero attached hydrogens (tertiary/aromatic N) is 1. The second-order valence-electron chi connectivity index (χ2n) is 5.38. The van der Waals surface area contributed by atoms with Crippen molar-refractivity contribution in [3.05, 3.63) is 29.8 Å². The van der Waals surface area contributed by atoms with Gasteiger partial charge < -0.3 is 15.0 Å². The number of hydrogen-bond donors (Lipinski definition) is 1. The number of benzene rings is 1. The van der Waals surface area contributed by atoms with E-state index in [-0.39, 0.29) is 0 Å². The second kappa shape index (κ2) is 6.21. The molecule has 1 N–H and O–H groups in total. The number of anilines is 1. The summed E-state index contributed by atoms with van der Waals surface area (Å²) < 4.78 is 5.27. The summed E-state index contributed by atoms with van der Waals surface area (Å²) in [6, 6.07) is 8.93. The molecule has 3 nitrogen and oxygen atoms in total. The van der Waals surface area contributed by atoms with Crippen molar-refractivity contribution in [1.29, 1.82) is 0 Å². The molecular weight excluding hydrogens is 224 g/mol. The average molecular weight is 248 g/mol. The van der Waals surface area contributed by atoms with Crippen molar-refractivity contribution in [2.75, 3.05) is 45.8 Å². The zero-order valence-corrected chi connectivity index (χ0v) is 11.6. The van der Waals surface area contributed by atoms with E-state index in [0.717, 1.165) is 25.7 Å². The molecule has 18 heavy (non-hydrogen) atoms. The third-order valence-corrected chi connectivity index (χ3v) is 3.66. The summed E-state index contributed by atoms with van der Waals surface area (Å²) in [6.45, 7) is 2.92. The van der Waals surface area contributed by atoms with E-state index in [9.17, 15) is 0 Å². The lowest BCUT2D eigenvalue weighted by molar-refractivity contribution is -0.0384. The van der Waals surface area contributed by atoms with E-state index in [1.165, 1.54) is 17.7 Å². The van der Waals surface area contributed by atoms with Crippen LogP contribution in [0, 0.1) is 5.92 Å². The van der Waals surface area contributed by atoms with Crippen LogP contribution in [0.15, 0.2) is 24.3 Å². The van der Waals surface area contributed by atoms with E-state index in [2.05, 4.69) is 48.6 Å². The van der Waals surface area contributed by atoms with Gasteiger partial charge in [-0.05, 0) is 37.1 Å². The molecule has 0 aliphatic carbocycles. The maximum Gasteiger partial charge on any atom is 0.0516 e. The molecule has 0 amide bonds. The van der Waals surface area contributed by atoms with E-state index < -0.39 is 0 Å². The lowest BCUT2D eigenvalue weighted by atomic mass is 9.87. The first-order valence-electron chi connectivity index (χ1n) is 6.70. The van der Waals surface area contributed by atoms with E-state index in [1.807, 2.05) is 7.05 Å². The lowest BCUT2D eigenvalue weighted by Gasteiger charge is -2.30. The molecule has 0 saturated carbocycles. The van der Waals surface area contributed by atoms with E-state index >= 15 is 0 Å². The van der Waals surface area contributed by atoms with Crippen LogP contribution >= 0.6 is 0 Å². The lowest BCUT2D eigenvalue weighted by Crippen LogP contribution is -2.31. The Bertz CT molecular complexity index is 357. The van der Waals surface area contributed by atoms with Crippen LogP contribution < -0.4 is 10.2 Å². The van der Waals surface area contributed by atoms with Crippen molar-refractivity contribution in [2.24, 2.45) is 5.92 Å². The van der Waals surface area contributed by atoms with Crippen molar-refractivity contribution in [3.63, 3.8) is 0 Å². The largest absolute Gasteiger partial charge is 0.381 e. The molecule has 0 aromatic heterocycles. The van der Waals surface area contributed by atoms with Gasteiger partial charge in [-0.1, -0.05) is 12.1 Å². The zero-order valence-electron chi connectivity index (χ0n) is 11.6. The molecule has 1 aromatic carbocycles. The fourth-order valence-electron chi connectivity index (χ4n) is 2.45. The quantitative estimate of drug-likeness (QED) is 0.834. The Kier molecular flexibility index (Phi) is 4.61. The monoisotopic (exact) mass is 248 g/mol. The summed E-state index contributed by atoms with van der Waals surface area (Å²) in [4.78, 5) is 2.14. The third-order valence-electron chi connectivity index (χ3n) is 3.66. The first kappa shape index (κ1) is 13.4. The third kappa shape index (κ3) is 3.24. The molecule has 0 spiro atoms. The molecule has 0 bridgehead atoms. The summed E-state index contributed by atoms with van der Waals surface area (Å²) in [5.41, 5.74) is 2.69. The molecule has 2 rings (SSSR count). The van der Waals surface area contributed by atoms with Gasteiger partial charge in [0.1, 0.15) is 0 Å². The molecule has 1 unspecified atom stereocenters. The molecule has 100 valence electrons. The number of likely N-dealkylation sites (N-methyl/N-ethyl adjacent to an activating group) is 1. The van der Waals surface area contributed by atoms with Gasteiger partial charge in [0.25, 0.3) is 0 Å². The van der Waals surface area contributed by atoms with E-state index in [0.29, 0.717) is 5.92 Å². The fraction of sp³-hybridized carbons (Fsp3) is 0.600. The molecule has 1 saturated heterocycles. The van der Waals surface area contributed by atoms with Gasteiger partial charge in [-0.15, -0.1) is 0 Å². The summed E-state index contributed by atoms with van der Waals surface area (Å²) in [6.07, 6.45) is 1.22. The predicted octanol–water partition coefficient (Wildman–Crippen LogP) is 2.09. The molecule has 1 atom stereocenters. The molecule has 1 aliphatic rings. The number of nitrogens with one attached hydrogen (secondary N) is 1. The molecule has 1 fully saturated rings. The SMILES string of the molecule is CNCC(CC1COC1)c1ccc(N(C)C)cc1. The number of hydrogen-bond acceptors (Lipinski definition) is 3. The molecule has 1 aromatic rings. The van der Waals surface area contributed by atoms with E-state index in [4.69, 9.17) is 4.74 Å². The van der Waals surface area contributed by atoms with Crippen molar-refractivity contribution >= 4 is 5.69 Å². The number of ether oxygens (including phenoxy) is 1. The van der Waals surface area contributed by atoms with Crippen LogP contribution in [-0.4, -0.2) is 40.9 Å². The van der Waals surface area contributed by atoms with Gasteiger partial charge in [-0.25, -0.2) is 0 Å². The van der Waals surface area contributed by atoms with Gasteiger partial charge in [0.15, 0.2) is 0 Å². The number of rotatable bonds is 6. The topological polar surface area (TPSA) is 24.5 Å². The minimum Gasteiger partial charge on any atom is -0.381 e. The van der Waals surface area contributed by atoms with Gasteiger partial charge in [0, 0.05) is 32.2 Å². The van der Waals surface area contributed by atoms with Crippen LogP contribution in [0.4, 0.5) is 5.69 Å². The van der Waals surface area contributed by atoms with Crippen LogP contribution in [0.2, 0.25) is 0 Å². The highest BCUT2D eigenvalue weighted by atomic mass is 16.5. The highest BCUT2D eigenvalue weighted by molar-refractivity contribution is 5.46. The summed E-state index contributed by atoms with van der Waals surface area (Å²) in [5, 5.41) is 3.31. The molecule has 0 radical (unpaired) electrons. The summed E-state index contributed by atoms with van der Waals surface area (Å²) in [7, 11) is 6.18. The summed E-state index contributed by atoms with van der Waals surface area (Å²) >= 11 is 0. The molecular formula is C15H24N2O. The average Bonchev–Trinajstić information content (AvgIpc) is 2.32. The second-order valence-corrected chi connectivity index (χ2v) is 5.38. The van der Waals surface area contributed by atoms with Crippen molar-refractivity contribution in [3.8, 4) is 0 Å². The van der Waals surface area contributed by atoms with Gasteiger partial charge in [0.05, 0.1) is 13.2 Å². The van der Waals surface area contributed by atoms with Crippen LogP contribution in [0.3, 0.4) is 0 Å². The Balaban J connectivity index is 2.03. The van der Waals surface area contributed by atoms with Gasteiger partial charge in [0.2, 0.25) is 0 Å². The van der Waals surface area contributed by atoms with Crippen LogP contribution in [0.5, 0.6) is 0 Å². The highest BCUT2D eigenvalue weighted by Gasteiger charge is 2.23. The van der Waals surface area contributed by atoms with Gasteiger partial charge >= 0.3 is 0 Å². The van der Waals surface area contributed by atoms with Crippen molar-refractivity contribution in [2.45, 2.75) is 12.3 Å². The maximum absolute atomic E-state index is 5.27. The Labute approximate surface area is 110 Å². The first-order valence-corrected chi connectivity index (χ1v) is 6.70. The van der Waals surface area contributed by atoms with Crippen LogP contribution in [0.25, 0.3) is 0 Å². The smallest absolute Gasteiger partial charge is 0.0516 e. The Morgan fingerprint density at radius 1 is 1.28 bits per heavy atom.